The monoisotopic (exact) mass is 743 g/mol. The van der Waals surface area contributed by atoms with Gasteiger partial charge in [-0.05, 0) is 62.9 Å². The van der Waals surface area contributed by atoms with Gasteiger partial charge >= 0.3 is 12.0 Å². The molecule has 2 fully saturated rings. The highest BCUT2D eigenvalue weighted by molar-refractivity contribution is 7.10. The zero-order chi connectivity index (χ0) is 37.3. The Hall–Kier alpha value is -4.37. The number of thiazole rings is 1. The van der Waals surface area contributed by atoms with Crippen LogP contribution in [0.5, 0.6) is 0 Å². The average molecular weight is 744 g/mol. The second kappa shape index (κ2) is 15.5. The number of aryl methyl sites for hydroxylation is 1. The van der Waals surface area contributed by atoms with Crippen LogP contribution < -0.4 is 10.7 Å². The predicted molar refractivity (Wildman–Crippen MR) is 202 cm³/mol. The second-order valence-electron chi connectivity index (χ2n) is 14.8. The number of ether oxygens (including phenoxy) is 3. The van der Waals surface area contributed by atoms with E-state index in [1.165, 1.54) is 16.3 Å². The Morgan fingerprint density at radius 3 is 2.77 bits per heavy atom. The highest BCUT2D eigenvalue weighted by Crippen LogP contribution is 2.42. The van der Waals surface area contributed by atoms with Crippen LogP contribution in [0, 0.1) is 5.41 Å². The van der Waals surface area contributed by atoms with Gasteiger partial charge in [0, 0.05) is 78.7 Å². The highest BCUT2D eigenvalue weighted by atomic mass is 32.1. The maximum atomic E-state index is 14.1. The van der Waals surface area contributed by atoms with E-state index in [1.54, 1.807) is 18.2 Å². The molecule has 13 nitrogen and oxygen atoms in total. The maximum absolute atomic E-state index is 14.1. The quantitative estimate of drug-likeness (QED) is 0.267. The Kier molecular flexibility index (Phi) is 10.8. The van der Waals surface area contributed by atoms with E-state index in [0.29, 0.717) is 52.1 Å². The number of urea groups is 1. The smallest absolute Gasteiger partial charge is 0.324 e. The Morgan fingerprint density at radius 1 is 1.19 bits per heavy atom. The first-order valence-electron chi connectivity index (χ1n) is 18.5. The predicted octanol–water partition coefficient (Wildman–Crippen LogP) is 5.13. The van der Waals surface area contributed by atoms with Crippen molar-refractivity contribution in [1.82, 2.24) is 35.2 Å². The zero-order valence-corrected chi connectivity index (χ0v) is 32.0. The molecule has 3 aliphatic heterocycles. The summed E-state index contributed by atoms with van der Waals surface area (Å²) < 4.78 is 19.6. The van der Waals surface area contributed by atoms with Crippen molar-refractivity contribution in [2.45, 2.75) is 78.1 Å². The number of benzene rings is 1. The summed E-state index contributed by atoms with van der Waals surface area (Å²) in [6.07, 6.45) is 3.54. The number of fused-ring (bicyclic) bond motifs is 6. The lowest BCUT2D eigenvalue weighted by molar-refractivity contribution is -0.155. The number of hydrogen-bond acceptors (Lipinski definition) is 10. The van der Waals surface area contributed by atoms with E-state index in [-0.39, 0.29) is 31.1 Å². The summed E-state index contributed by atoms with van der Waals surface area (Å²) in [6.45, 7) is 11.5. The molecular formula is C39H49N7O6S. The van der Waals surface area contributed by atoms with Crippen molar-refractivity contribution in [2.24, 2.45) is 5.41 Å². The van der Waals surface area contributed by atoms with Crippen LogP contribution in [-0.2, 0) is 43.2 Å². The first kappa shape index (κ1) is 37.0. The molecule has 6 bridgehead atoms. The molecule has 7 rings (SSSR count). The lowest BCUT2D eigenvalue weighted by Crippen LogP contribution is -2.61. The molecule has 0 unspecified atom stereocenters. The zero-order valence-electron chi connectivity index (χ0n) is 31.1. The third kappa shape index (κ3) is 7.68. The van der Waals surface area contributed by atoms with Crippen LogP contribution in [0.3, 0.4) is 0 Å². The Bertz CT molecular complexity index is 1990. The number of cyclic esters (lactones) is 1. The number of nitrogens with one attached hydrogen (secondary N) is 2. The highest BCUT2D eigenvalue weighted by Gasteiger charge is 2.36. The summed E-state index contributed by atoms with van der Waals surface area (Å²) >= 11 is 1.46. The SMILES string of the molecule is CCn1c(-c2cccnc2[C@H](C)OC)c2c3cc(ccc31)-c1csc(n1)C[C@H](NC(=O)N1CCOCC1)C(=O)N1CCC[C@H](N1)C(=O)OCC(C)(C)C2. The molecule has 0 saturated carbocycles. The molecule has 2 saturated heterocycles. The van der Waals surface area contributed by atoms with Gasteiger partial charge in [0.2, 0.25) is 0 Å². The fourth-order valence-electron chi connectivity index (χ4n) is 7.57. The maximum Gasteiger partial charge on any atom is 0.324 e. The number of pyridine rings is 1. The minimum Gasteiger partial charge on any atom is -0.464 e. The van der Waals surface area contributed by atoms with Crippen molar-refractivity contribution < 1.29 is 28.6 Å². The van der Waals surface area contributed by atoms with Gasteiger partial charge in [0.15, 0.2) is 0 Å². The second-order valence-corrected chi connectivity index (χ2v) is 15.8. The van der Waals surface area contributed by atoms with Gasteiger partial charge in [-0.2, -0.15) is 0 Å². The molecule has 2 N–H and O–H groups in total. The molecule has 0 aliphatic carbocycles. The molecule has 14 heteroatoms. The van der Waals surface area contributed by atoms with Crippen LogP contribution in [-0.4, -0.2) is 101 Å². The van der Waals surface area contributed by atoms with Crippen LogP contribution in [0.25, 0.3) is 33.4 Å². The van der Waals surface area contributed by atoms with E-state index in [4.69, 9.17) is 24.2 Å². The van der Waals surface area contributed by atoms with Gasteiger partial charge < -0.3 is 29.0 Å². The number of esters is 1. The summed E-state index contributed by atoms with van der Waals surface area (Å²) in [6, 6.07) is 8.59. The summed E-state index contributed by atoms with van der Waals surface area (Å²) in [7, 11) is 1.70. The molecule has 4 aromatic rings. The largest absolute Gasteiger partial charge is 0.464 e. The van der Waals surface area contributed by atoms with E-state index in [0.717, 1.165) is 56.2 Å². The molecule has 0 radical (unpaired) electrons. The van der Waals surface area contributed by atoms with Gasteiger partial charge in [0.25, 0.3) is 5.91 Å². The number of methoxy groups -OCH3 is 1. The molecule has 3 aliphatic rings. The number of carbonyl (C=O) groups is 3. The summed E-state index contributed by atoms with van der Waals surface area (Å²) in [5, 5.41) is 8.27. The van der Waals surface area contributed by atoms with Crippen molar-refractivity contribution in [3.63, 3.8) is 0 Å². The van der Waals surface area contributed by atoms with Crippen molar-refractivity contribution >= 4 is 40.1 Å². The van der Waals surface area contributed by atoms with Crippen molar-refractivity contribution in [1.29, 1.82) is 0 Å². The van der Waals surface area contributed by atoms with Gasteiger partial charge in [-0.3, -0.25) is 19.6 Å². The number of hydrazine groups is 1. The van der Waals surface area contributed by atoms with E-state index in [2.05, 4.69) is 60.3 Å². The number of hydrogen-bond donors (Lipinski definition) is 2. The lowest BCUT2D eigenvalue weighted by atomic mass is 9.84. The summed E-state index contributed by atoms with van der Waals surface area (Å²) in [5.74, 6) is -0.725. The van der Waals surface area contributed by atoms with Gasteiger partial charge in [-0.1, -0.05) is 19.9 Å². The van der Waals surface area contributed by atoms with E-state index < -0.39 is 23.5 Å². The third-order valence-electron chi connectivity index (χ3n) is 10.4. The fourth-order valence-corrected chi connectivity index (χ4v) is 8.42. The minimum atomic E-state index is -0.900. The van der Waals surface area contributed by atoms with E-state index >= 15 is 0 Å². The van der Waals surface area contributed by atoms with Crippen LogP contribution in [0.15, 0.2) is 41.9 Å². The van der Waals surface area contributed by atoms with Crippen molar-refractivity contribution in [3.8, 4) is 22.5 Å². The van der Waals surface area contributed by atoms with Gasteiger partial charge in [0.1, 0.15) is 12.1 Å². The van der Waals surface area contributed by atoms with Crippen LogP contribution >= 0.6 is 11.3 Å². The lowest BCUT2D eigenvalue weighted by Gasteiger charge is -2.36. The Labute approximate surface area is 314 Å². The van der Waals surface area contributed by atoms with Gasteiger partial charge in [-0.25, -0.2) is 15.2 Å². The number of nitrogens with zero attached hydrogens (tertiary/aromatic N) is 5. The third-order valence-corrected chi connectivity index (χ3v) is 11.3. The first-order valence-corrected chi connectivity index (χ1v) is 19.4. The molecule has 282 valence electrons. The summed E-state index contributed by atoms with van der Waals surface area (Å²) in [5.41, 5.74) is 9.58. The molecule has 3 aromatic heterocycles. The molecule has 0 spiro atoms. The summed E-state index contributed by atoms with van der Waals surface area (Å²) in [4.78, 5) is 52.6. The Morgan fingerprint density at radius 2 is 2.00 bits per heavy atom. The number of aromatic nitrogens is 3. The van der Waals surface area contributed by atoms with Gasteiger partial charge in [-0.15, -0.1) is 11.3 Å². The fraction of sp³-hybridized carbons (Fsp3) is 0.513. The molecule has 53 heavy (non-hydrogen) atoms. The molecular weight excluding hydrogens is 695 g/mol. The van der Waals surface area contributed by atoms with Gasteiger partial charge in [0.05, 0.1) is 48.0 Å². The number of rotatable bonds is 5. The molecule has 3 atom stereocenters. The van der Waals surface area contributed by atoms with Crippen LogP contribution in [0.4, 0.5) is 4.79 Å². The van der Waals surface area contributed by atoms with Crippen molar-refractivity contribution in [3.05, 3.63) is 58.2 Å². The molecule has 3 amide bonds. The first-order chi connectivity index (χ1) is 25.6. The number of morpholine rings is 1. The molecule has 1 aromatic carbocycles. The average Bonchev–Trinajstić information content (AvgIpc) is 3.77. The Balaban J connectivity index is 1.34. The van der Waals surface area contributed by atoms with E-state index in [9.17, 15) is 14.4 Å². The standard InChI is InChI=1S/C39H49N7O6S/c1-6-45-32-12-11-25-19-27(32)28(35(45)26-9-7-13-40-34(26)24(2)50-5)21-39(3,4)23-52-37(48)29-10-8-14-46(43-29)36(47)30(20-33-41-31(25)22-53-33)42-38(49)44-15-17-51-18-16-44/h7,9,11-13,19,22,24,29-30,43H,6,8,10,14-18,20-21,23H2,1-5H3,(H,42,49)/t24-,29-,30-/m0/s1. The number of carbonyl (C=O) groups excluding carboxylic acids is 3. The van der Waals surface area contributed by atoms with Crippen molar-refractivity contribution in [2.75, 3.05) is 46.6 Å². The number of amides is 3. The van der Waals surface area contributed by atoms with Crippen LogP contribution in [0.1, 0.15) is 62.9 Å². The van der Waals surface area contributed by atoms with Crippen LogP contribution in [0.2, 0.25) is 0 Å². The molecule has 6 heterocycles. The van der Waals surface area contributed by atoms with E-state index in [1.807, 2.05) is 18.4 Å². The normalized spacial score (nSPS) is 21.6. The minimum absolute atomic E-state index is 0.179. The topological polar surface area (TPSA) is 140 Å².